The molecular weight excluding hydrogens is 496 g/mol. The Morgan fingerprint density at radius 1 is 1.09 bits per heavy atom. The molecule has 8 nitrogen and oxygen atoms in total. The van der Waals surface area contributed by atoms with Crippen molar-refractivity contribution >= 4 is 38.1 Å². The summed E-state index contributed by atoms with van der Waals surface area (Å²) in [6.07, 6.45) is 2.52. The summed E-state index contributed by atoms with van der Waals surface area (Å²) < 4.78 is 33.3. The Bertz CT molecular complexity index is 1020. The highest BCUT2D eigenvalue weighted by Crippen LogP contribution is 2.20. The van der Waals surface area contributed by atoms with Crippen molar-refractivity contribution in [1.29, 1.82) is 0 Å². The molecule has 0 saturated carbocycles. The molecule has 2 aromatic carbocycles. The number of amides is 1. The molecule has 0 radical (unpaired) electrons. The van der Waals surface area contributed by atoms with Gasteiger partial charge in [-0.2, -0.15) is 9.41 Å². The standard InChI is InChI=1S/C22H27BrN4O4S/c1-2-15-31-20-7-3-18(4-8-20)16-24-25-22(28)17-26-11-13-27(14-12-26)32(29,30)21-9-5-19(23)6-10-21/h3-10,16H,2,11-15,17H2,1H3,(H,25,28). The van der Waals surface area contributed by atoms with E-state index >= 15 is 0 Å². The van der Waals surface area contributed by atoms with Crippen molar-refractivity contribution < 1.29 is 17.9 Å². The SMILES string of the molecule is CCCOc1ccc(C=NNC(=O)CN2CCN(S(=O)(=O)c3ccc(Br)cc3)CC2)cc1. The normalized spacial score (nSPS) is 15.7. The van der Waals surface area contributed by atoms with Gasteiger partial charge in [-0.25, -0.2) is 13.8 Å². The second kappa shape index (κ2) is 11.6. The van der Waals surface area contributed by atoms with Crippen LogP contribution in [0.3, 0.4) is 0 Å². The average molecular weight is 523 g/mol. The monoisotopic (exact) mass is 522 g/mol. The molecule has 0 aliphatic carbocycles. The molecule has 1 aliphatic rings. The van der Waals surface area contributed by atoms with Gasteiger partial charge in [0.15, 0.2) is 0 Å². The van der Waals surface area contributed by atoms with Crippen LogP contribution in [0, 0.1) is 0 Å². The smallest absolute Gasteiger partial charge is 0.254 e. The van der Waals surface area contributed by atoms with Crippen LogP contribution in [0.25, 0.3) is 0 Å². The summed E-state index contributed by atoms with van der Waals surface area (Å²) in [5.41, 5.74) is 3.37. The summed E-state index contributed by atoms with van der Waals surface area (Å²) in [7, 11) is -3.53. The maximum absolute atomic E-state index is 12.8. The van der Waals surface area contributed by atoms with Crippen molar-refractivity contribution in [2.45, 2.75) is 18.2 Å². The van der Waals surface area contributed by atoms with Crippen LogP contribution in [0.1, 0.15) is 18.9 Å². The third kappa shape index (κ3) is 6.86. The lowest BCUT2D eigenvalue weighted by atomic mass is 10.2. The first kappa shape index (κ1) is 24.4. The van der Waals surface area contributed by atoms with Gasteiger partial charge in [-0.05, 0) is 60.5 Å². The van der Waals surface area contributed by atoms with Gasteiger partial charge in [0, 0.05) is 30.7 Å². The summed E-state index contributed by atoms with van der Waals surface area (Å²) in [5.74, 6) is 0.558. The zero-order valence-electron chi connectivity index (χ0n) is 17.9. The minimum absolute atomic E-state index is 0.160. The Morgan fingerprint density at radius 2 is 1.75 bits per heavy atom. The number of nitrogens with one attached hydrogen (secondary N) is 1. The molecular formula is C22H27BrN4O4S. The van der Waals surface area contributed by atoms with E-state index < -0.39 is 10.0 Å². The molecule has 32 heavy (non-hydrogen) atoms. The molecule has 10 heteroatoms. The fraction of sp³-hybridized carbons (Fsp3) is 0.364. The molecule has 1 heterocycles. The van der Waals surface area contributed by atoms with Crippen molar-refractivity contribution in [3.63, 3.8) is 0 Å². The van der Waals surface area contributed by atoms with Crippen molar-refractivity contribution in [3.05, 3.63) is 58.6 Å². The quantitative estimate of drug-likeness (QED) is 0.403. The van der Waals surface area contributed by atoms with E-state index in [1.807, 2.05) is 29.2 Å². The van der Waals surface area contributed by atoms with Crippen LogP contribution < -0.4 is 10.2 Å². The van der Waals surface area contributed by atoms with Gasteiger partial charge in [0.05, 0.1) is 24.3 Å². The number of carbonyl (C=O) groups excluding carboxylic acids is 1. The Hall–Kier alpha value is -2.27. The predicted octanol–water partition coefficient (Wildman–Crippen LogP) is 2.69. The maximum atomic E-state index is 12.8. The number of hydrogen-bond acceptors (Lipinski definition) is 6. The van der Waals surface area contributed by atoms with Gasteiger partial charge in [-0.15, -0.1) is 0 Å². The minimum Gasteiger partial charge on any atom is -0.494 e. The van der Waals surface area contributed by atoms with Crippen LogP contribution in [0.5, 0.6) is 5.75 Å². The lowest BCUT2D eigenvalue weighted by molar-refractivity contribution is -0.122. The summed E-state index contributed by atoms with van der Waals surface area (Å²) >= 11 is 3.31. The van der Waals surface area contributed by atoms with Crippen LogP contribution in [0.15, 0.2) is 63.0 Å². The van der Waals surface area contributed by atoms with E-state index in [0.29, 0.717) is 32.8 Å². The predicted molar refractivity (Wildman–Crippen MR) is 127 cm³/mol. The van der Waals surface area contributed by atoms with Gasteiger partial charge in [-0.1, -0.05) is 22.9 Å². The molecule has 0 spiro atoms. The van der Waals surface area contributed by atoms with Crippen LogP contribution in [-0.2, 0) is 14.8 Å². The highest BCUT2D eigenvalue weighted by atomic mass is 79.9. The second-order valence-electron chi connectivity index (χ2n) is 7.34. The molecule has 1 fully saturated rings. The number of nitrogens with zero attached hydrogens (tertiary/aromatic N) is 3. The molecule has 1 N–H and O–H groups in total. The van der Waals surface area contributed by atoms with Gasteiger partial charge in [0.1, 0.15) is 5.75 Å². The number of halogens is 1. The molecule has 0 atom stereocenters. The summed E-state index contributed by atoms with van der Waals surface area (Å²) in [4.78, 5) is 14.4. The molecule has 1 amide bonds. The number of rotatable bonds is 9. The van der Waals surface area contributed by atoms with Gasteiger partial charge < -0.3 is 4.74 Å². The Kier molecular flexibility index (Phi) is 8.80. The summed E-state index contributed by atoms with van der Waals surface area (Å²) in [6, 6.07) is 14.1. The lowest BCUT2D eigenvalue weighted by Gasteiger charge is -2.33. The van der Waals surface area contributed by atoms with Crippen molar-refractivity contribution in [3.8, 4) is 5.75 Å². The van der Waals surface area contributed by atoms with Crippen LogP contribution in [-0.4, -0.2) is 69.1 Å². The summed E-state index contributed by atoms with van der Waals surface area (Å²) in [6.45, 7) is 4.51. The molecule has 1 saturated heterocycles. The van der Waals surface area contributed by atoms with Crippen molar-refractivity contribution in [2.75, 3.05) is 39.3 Å². The third-order valence-corrected chi connectivity index (χ3v) is 7.35. The first-order valence-electron chi connectivity index (χ1n) is 10.4. The molecule has 0 unspecified atom stereocenters. The first-order valence-corrected chi connectivity index (χ1v) is 12.6. The van der Waals surface area contributed by atoms with E-state index in [4.69, 9.17) is 4.74 Å². The highest BCUT2D eigenvalue weighted by Gasteiger charge is 2.28. The molecule has 0 aromatic heterocycles. The lowest BCUT2D eigenvalue weighted by Crippen LogP contribution is -2.50. The topological polar surface area (TPSA) is 91.3 Å². The maximum Gasteiger partial charge on any atom is 0.254 e. The number of piperazine rings is 1. The van der Waals surface area contributed by atoms with E-state index in [1.165, 1.54) is 4.31 Å². The molecule has 2 aromatic rings. The Labute approximate surface area is 197 Å². The highest BCUT2D eigenvalue weighted by molar-refractivity contribution is 9.10. The van der Waals surface area contributed by atoms with E-state index in [-0.39, 0.29) is 17.3 Å². The second-order valence-corrected chi connectivity index (χ2v) is 10.2. The van der Waals surface area contributed by atoms with E-state index in [2.05, 4.69) is 33.4 Å². The van der Waals surface area contributed by atoms with E-state index in [1.54, 1.807) is 30.5 Å². The zero-order chi connectivity index (χ0) is 23.0. The molecule has 3 rings (SSSR count). The number of benzene rings is 2. The van der Waals surface area contributed by atoms with Gasteiger partial charge in [0.2, 0.25) is 10.0 Å². The van der Waals surface area contributed by atoms with Gasteiger partial charge >= 0.3 is 0 Å². The van der Waals surface area contributed by atoms with Gasteiger partial charge in [0.25, 0.3) is 5.91 Å². The van der Waals surface area contributed by atoms with Crippen LogP contribution >= 0.6 is 15.9 Å². The number of hydrogen-bond donors (Lipinski definition) is 1. The van der Waals surface area contributed by atoms with E-state index in [9.17, 15) is 13.2 Å². The zero-order valence-corrected chi connectivity index (χ0v) is 20.3. The van der Waals surface area contributed by atoms with Crippen LogP contribution in [0.4, 0.5) is 0 Å². The molecule has 0 bridgehead atoms. The molecule has 1 aliphatic heterocycles. The molecule has 172 valence electrons. The summed E-state index contributed by atoms with van der Waals surface area (Å²) in [5, 5.41) is 4.00. The number of ether oxygens (including phenoxy) is 1. The van der Waals surface area contributed by atoms with Crippen molar-refractivity contribution in [1.82, 2.24) is 14.6 Å². The first-order chi connectivity index (χ1) is 15.4. The number of hydrazone groups is 1. The van der Waals surface area contributed by atoms with Gasteiger partial charge in [-0.3, -0.25) is 9.69 Å². The third-order valence-electron chi connectivity index (χ3n) is 4.91. The Morgan fingerprint density at radius 3 is 2.38 bits per heavy atom. The minimum atomic E-state index is -3.53. The Balaban J connectivity index is 1.43. The fourth-order valence-electron chi connectivity index (χ4n) is 3.17. The van der Waals surface area contributed by atoms with Crippen molar-refractivity contribution in [2.24, 2.45) is 5.10 Å². The number of sulfonamides is 1. The average Bonchev–Trinajstić information content (AvgIpc) is 2.79. The largest absolute Gasteiger partial charge is 0.494 e. The van der Waals surface area contributed by atoms with Crippen LogP contribution in [0.2, 0.25) is 0 Å². The fourth-order valence-corrected chi connectivity index (χ4v) is 4.86. The van der Waals surface area contributed by atoms with E-state index in [0.717, 1.165) is 22.2 Å². The number of carbonyl (C=O) groups is 1.